The molecule has 0 saturated carbocycles. The highest BCUT2D eigenvalue weighted by atomic mass is 32.2. The summed E-state index contributed by atoms with van der Waals surface area (Å²) in [7, 11) is -7.59. The average Bonchev–Trinajstić information content (AvgIpc) is 2.87. The Bertz CT molecular complexity index is 1530. The van der Waals surface area contributed by atoms with E-state index in [1.165, 1.54) is 40.7 Å². The molecule has 0 spiro atoms. The van der Waals surface area contributed by atoms with E-state index in [1.807, 2.05) is 26.0 Å². The molecule has 3 aromatic carbocycles. The van der Waals surface area contributed by atoms with Crippen LogP contribution >= 0.6 is 0 Å². The van der Waals surface area contributed by atoms with Crippen molar-refractivity contribution in [3.63, 3.8) is 0 Å². The monoisotopic (exact) mass is 543 g/mol. The highest BCUT2D eigenvalue weighted by Crippen LogP contribution is 2.24. The molecule has 1 aliphatic rings. The molecule has 37 heavy (non-hydrogen) atoms. The first-order valence-electron chi connectivity index (χ1n) is 11.7. The van der Waals surface area contributed by atoms with Crippen molar-refractivity contribution in [2.24, 2.45) is 0 Å². The summed E-state index contributed by atoms with van der Waals surface area (Å²) in [6.07, 6.45) is 0. The summed E-state index contributed by atoms with van der Waals surface area (Å²) in [6, 6.07) is 15.7. The van der Waals surface area contributed by atoms with Gasteiger partial charge in [-0.15, -0.1) is 0 Å². The quantitative estimate of drug-likeness (QED) is 0.469. The van der Waals surface area contributed by atoms with Crippen LogP contribution in [0.2, 0.25) is 0 Å². The maximum absolute atomic E-state index is 13.0. The predicted octanol–water partition coefficient (Wildman–Crippen LogP) is 3.69. The number of carbonyl (C=O) groups excluding carboxylic acids is 1. The van der Waals surface area contributed by atoms with Gasteiger partial charge in [0.25, 0.3) is 15.9 Å². The SMILES string of the molecule is Cc1ccc(C)c(NS(=O)(=O)c2ccc(NC(=O)c3cc(S(=O)(=O)N4CCOCC4)ccc3C)cc2)c1. The zero-order chi connectivity index (χ0) is 26.8. The number of nitrogens with one attached hydrogen (secondary N) is 2. The minimum Gasteiger partial charge on any atom is -0.379 e. The van der Waals surface area contributed by atoms with Gasteiger partial charge in [0.05, 0.1) is 28.7 Å². The third kappa shape index (κ3) is 6.02. The van der Waals surface area contributed by atoms with Crippen LogP contribution in [0.3, 0.4) is 0 Å². The molecule has 1 amide bonds. The van der Waals surface area contributed by atoms with Crippen molar-refractivity contribution in [2.75, 3.05) is 36.3 Å². The van der Waals surface area contributed by atoms with Crippen molar-refractivity contribution in [1.82, 2.24) is 4.31 Å². The summed E-state index contributed by atoms with van der Waals surface area (Å²) in [5, 5.41) is 2.72. The van der Waals surface area contributed by atoms with Crippen molar-refractivity contribution in [3.8, 4) is 0 Å². The topological polar surface area (TPSA) is 122 Å². The van der Waals surface area contributed by atoms with E-state index >= 15 is 0 Å². The normalized spacial score (nSPS) is 14.8. The number of hydrogen-bond donors (Lipinski definition) is 2. The first-order valence-corrected chi connectivity index (χ1v) is 14.6. The number of amides is 1. The standard InChI is InChI=1S/C26H29N3O6S2/c1-18-4-5-20(3)25(16-18)28-36(31,32)22-10-7-21(8-11-22)27-26(30)24-17-23(9-6-19(24)2)37(33,34)29-12-14-35-15-13-29/h4-11,16-17,28H,12-15H2,1-3H3,(H,27,30). The molecular weight excluding hydrogens is 514 g/mol. The van der Waals surface area contributed by atoms with E-state index in [-0.39, 0.29) is 28.4 Å². The molecule has 1 heterocycles. The second-order valence-electron chi connectivity index (χ2n) is 8.90. The zero-order valence-corrected chi connectivity index (χ0v) is 22.4. The molecule has 0 aliphatic carbocycles. The summed E-state index contributed by atoms with van der Waals surface area (Å²) in [4.78, 5) is 13.1. The molecule has 0 unspecified atom stereocenters. The third-order valence-electron chi connectivity index (χ3n) is 6.12. The van der Waals surface area contributed by atoms with Crippen molar-refractivity contribution < 1.29 is 26.4 Å². The summed E-state index contributed by atoms with van der Waals surface area (Å²) in [5.41, 5.74) is 3.42. The van der Waals surface area contributed by atoms with E-state index in [1.54, 1.807) is 19.1 Å². The van der Waals surface area contributed by atoms with E-state index in [9.17, 15) is 21.6 Å². The van der Waals surface area contributed by atoms with Crippen LogP contribution < -0.4 is 10.0 Å². The number of benzene rings is 3. The van der Waals surface area contributed by atoms with Crippen LogP contribution in [-0.4, -0.2) is 53.4 Å². The lowest BCUT2D eigenvalue weighted by atomic mass is 10.1. The second-order valence-corrected chi connectivity index (χ2v) is 12.5. The van der Waals surface area contributed by atoms with Gasteiger partial charge in [0, 0.05) is 24.3 Å². The Labute approximate surface area is 217 Å². The van der Waals surface area contributed by atoms with Gasteiger partial charge in [-0.3, -0.25) is 9.52 Å². The molecular formula is C26H29N3O6S2. The summed E-state index contributed by atoms with van der Waals surface area (Å²) < 4.78 is 60.9. The number of anilines is 2. The maximum atomic E-state index is 13.0. The zero-order valence-electron chi connectivity index (χ0n) is 20.8. The molecule has 0 radical (unpaired) electrons. The molecule has 0 aromatic heterocycles. The van der Waals surface area contributed by atoms with Crippen LogP contribution in [0.5, 0.6) is 0 Å². The summed E-state index contributed by atoms with van der Waals surface area (Å²) in [5.74, 6) is -0.499. The lowest BCUT2D eigenvalue weighted by Gasteiger charge is -2.26. The van der Waals surface area contributed by atoms with E-state index in [2.05, 4.69) is 10.0 Å². The van der Waals surface area contributed by atoms with Crippen LogP contribution in [0, 0.1) is 20.8 Å². The Hall–Kier alpha value is -3.25. The molecule has 2 N–H and O–H groups in total. The lowest BCUT2D eigenvalue weighted by molar-refractivity contribution is 0.0730. The Morgan fingerprint density at radius 3 is 2.11 bits per heavy atom. The fourth-order valence-corrected chi connectivity index (χ4v) is 6.46. The Balaban J connectivity index is 1.51. The third-order valence-corrected chi connectivity index (χ3v) is 9.40. The van der Waals surface area contributed by atoms with E-state index in [0.717, 1.165) is 11.1 Å². The minimum atomic E-state index is -3.83. The van der Waals surface area contributed by atoms with Crippen LogP contribution in [0.15, 0.2) is 70.5 Å². The molecule has 1 fully saturated rings. The van der Waals surface area contributed by atoms with Gasteiger partial charge < -0.3 is 10.1 Å². The Kier molecular flexibility index (Phi) is 7.69. The fraction of sp³-hybridized carbons (Fsp3) is 0.269. The number of sulfonamides is 2. The number of hydrogen-bond acceptors (Lipinski definition) is 6. The average molecular weight is 544 g/mol. The molecule has 3 aromatic rings. The largest absolute Gasteiger partial charge is 0.379 e. The van der Waals surface area contributed by atoms with Crippen LogP contribution in [-0.2, 0) is 24.8 Å². The van der Waals surface area contributed by atoms with Gasteiger partial charge in [0.2, 0.25) is 10.0 Å². The van der Waals surface area contributed by atoms with Gasteiger partial charge >= 0.3 is 0 Å². The van der Waals surface area contributed by atoms with Crippen LogP contribution in [0.25, 0.3) is 0 Å². The van der Waals surface area contributed by atoms with Crippen molar-refractivity contribution in [2.45, 2.75) is 30.6 Å². The van der Waals surface area contributed by atoms with Gasteiger partial charge in [-0.25, -0.2) is 16.8 Å². The molecule has 196 valence electrons. The number of morpholine rings is 1. The fourth-order valence-electron chi connectivity index (χ4n) is 3.91. The smallest absolute Gasteiger partial charge is 0.261 e. The highest BCUT2D eigenvalue weighted by Gasteiger charge is 2.27. The van der Waals surface area contributed by atoms with Crippen molar-refractivity contribution in [3.05, 3.63) is 82.9 Å². The second kappa shape index (κ2) is 10.6. The van der Waals surface area contributed by atoms with Gasteiger partial charge in [-0.1, -0.05) is 18.2 Å². The number of ether oxygens (including phenoxy) is 1. The molecule has 0 bridgehead atoms. The summed E-state index contributed by atoms with van der Waals surface area (Å²) >= 11 is 0. The predicted molar refractivity (Wildman–Crippen MR) is 142 cm³/mol. The van der Waals surface area contributed by atoms with Gasteiger partial charge in [-0.05, 0) is 79.9 Å². The first-order chi connectivity index (χ1) is 17.5. The molecule has 1 saturated heterocycles. The summed E-state index contributed by atoms with van der Waals surface area (Å²) in [6.45, 7) is 6.57. The molecule has 4 rings (SSSR count). The first kappa shape index (κ1) is 26.8. The number of carbonyl (C=O) groups is 1. The molecule has 11 heteroatoms. The Morgan fingerprint density at radius 1 is 0.811 bits per heavy atom. The van der Waals surface area contributed by atoms with E-state index < -0.39 is 26.0 Å². The van der Waals surface area contributed by atoms with Crippen LogP contribution in [0.4, 0.5) is 11.4 Å². The molecule has 1 aliphatic heterocycles. The van der Waals surface area contributed by atoms with Gasteiger partial charge in [0.1, 0.15) is 0 Å². The minimum absolute atomic E-state index is 0.0316. The van der Waals surface area contributed by atoms with E-state index in [4.69, 9.17) is 4.74 Å². The van der Waals surface area contributed by atoms with Crippen molar-refractivity contribution >= 4 is 37.3 Å². The Morgan fingerprint density at radius 2 is 1.43 bits per heavy atom. The van der Waals surface area contributed by atoms with E-state index in [0.29, 0.717) is 30.2 Å². The number of aryl methyl sites for hydroxylation is 3. The number of rotatable bonds is 7. The molecule has 0 atom stereocenters. The maximum Gasteiger partial charge on any atom is 0.261 e. The van der Waals surface area contributed by atoms with Gasteiger partial charge in [0.15, 0.2) is 0 Å². The van der Waals surface area contributed by atoms with Gasteiger partial charge in [-0.2, -0.15) is 4.31 Å². The highest BCUT2D eigenvalue weighted by molar-refractivity contribution is 7.92. The lowest BCUT2D eigenvalue weighted by Crippen LogP contribution is -2.40. The van der Waals surface area contributed by atoms with Crippen LogP contribution in [0.1, 0.15) is 27.0 Å². The van der Waals surface area contributed by atoms with Crippen molar-refractivity contribution in [1.29, 1.82) is 0 Å². The number of nitrogens with zero attached hydrogens (tertiary/aromatic N) is 1. The molecule has 9 nitrogen and oxygen atoms in total.